The standard InChI is InChI=1S/C19H27N5OS/c1-3-9-17(15-10-5-4-6-11-15)20-18(25)14(2)26-19-21-22-23-24(19)16-12-7-8-13-16/h4-6,10-11,14,16-17H,3,7-9,12-13H2,1-2H3,(H,20,25). The van der Waals surface area contributed by atoms with E-state index in [2.05, 4.69) is 39.9 Å². The first-order valence-corrected chi connectivity index (χ1v) is 10.4. The van der Waals surface area contributed by atoms with Crippen LogP contribution in [0.25, 0.3) is 0 Å². The van der Waals surface area contributed by atoms with E-state index in [1.807, 2.05) is 29.8 Å². The minimum absolute atomic E-state index is 0.0262. The fraction of sp³-hybridized carbons (Fsp3) is 0.579. The lowest BCUT2D eigenvalue weighted by Crippen LogP contribution is -2.34. The summed E-state index contributed by atoms with van der Waals surface area (Å²) >= 11 is 1.44. The van der Waals surface area contributed by atoms with Crippen LogP contribution in [0.5, 0.6) is 0 Å². The molecule has 2 unspecified atom stereocenters. The maximum absolute atomic E-state index is 12.8. The number of carbonyl (C=O) groups is 1. The number of benzene rings is 1. The summed E-state index contributed by atoms with van der Waals surface area (Å²) in [5.74, 6) is 0.0262. The van der Waals surface area contributed by atoms with Crippen LogP contribution in [0, 0.1) is 0 Å². The molecular formula is C19H27N5OS. The van der Waals surface area contributed by atoms with Gasteiger partial charge in [0.1, 0.15) is 0 Å². The molecule has 0 radical (unpaired) electrons. The van der Waals surface area contributed by atoms with Crippen LogP contribution in [0.2, 0.25) is 0 Å². The number of nitrogens with zero attached hydrogens (tertiary/aromatic N) is 4. The second-order valence-corrected chi connectivity index (χ2v) is 8.17. The summed E-state index contributed by atoms with van der Waals surface area (Å²) in [6, 6.07) is 10.6. The van der Waals surface area contributed by atoms with E-state index in [0.717, 1.165) is 36.4 Å². The van der Waals surface area contributed by atoms with E-state index in [-0.39, 0.29) is 17.2 Å². The Morgan fingerprint density at radius 2 is 2.04 bits per heavy atom. The zero-order chi connectivity index (χ0) is 18.4. The van der Waals surface area contributed by atoms with Crippen molar-refractivity contribution in [1.29, 1.82) is 0 Å². The molecule has 1 amide bonds. The number of hydrogen-bond acceptors (Lipinski definition) is 5. The Morgan fingerprint density at radius 1 is 1.31 bits per heavy atom. The van der Waals surface area contributed by atoms with Crippen molar-refractivity contribution in [2.24, 2.45) is 0 Å². The summed E-state index contributed by atoms with van der Waals surface area (Å²) < 4.78 is 1.90. The summed E-state index contributed by atoms with van der Waals surface area (Å²) in [4.78, 5) is 12.8. The van der Waals surface area contributed by atoms with Crippen LogP contribution < -0.4 is 5.32 Å². The van der Waals surface area contributed by atoms with Crippen molar-refractivity contribution >= 4 is 17.7 Å². The predicted octanol–water partition coefficient (Wildman–Crippen LogP) is 3.93. The fourth-order valence-electron chi connectivity index (χ4n) is 3.44. The second-order valence-electron chi connectivity index (χ2n) is 6.86. The molecule has 1 saturated carbocycles. The number of amides is 1. The lowest BCUT2D eigenvalue weighted by molar-refractivity contribution is -0.121. The molecule has 1 aliphatic carbocycles. The molecule has 2 aromatic rings. The highest BCUT2D eigenvalue weighted by molar-refractivity contribution is 8.00. The van der Waals surface area contributed by atoms with E-state index in [0.29, 0.717) is 6.04 Å². The average Bonchev–Trinajstić information content (AvgIpc) is 3.33. The minimum atomic E-state index is -0.246. The van der Waals surface area contributed by atoms with Crippen LogP contribution in [-0.4, -0.2) is 31.4 Å². The number of hydrogen-bond donors (Lipinski definition) is 1. The van der Waals surface area contributed by atoms with Crippen LogP contribution in [0.15, 0.2) is 35.5 Å². The summed E-state index contributed by atoms with van der Waals surface area (Å²) in [6.07, 6.45) is 6.62. The second kappa shape index (κ2) is 9.16. The molecule has 6 nitrogen and oxygen atoms in total. The average molecular weight is 374 g/mol. The Labute approximate surface area is 159 Å². The Morgan fingerprint density at radius 3 is 2.73 bits per heavy atom. The van der Waals surface area contributed by atoms with Crippen LogP contribution in [0.3, 0.4) is 0 Å². The number of tetrazole rings is 1. The first kappa shape index (κ1) is 18.9. The van der Waals surface area contributed by atoms with Gasteiger partial charge in [0.2, 0.25) is 11.1 Å². The molecule has 26 heavy (non-hydrogen) atoms. The normalized spacial score (nSPS) is 17.2. The van der Waals surface area contributed by atoms with E-state index < -0.39 is 0 Å². The quantitative estimate of drug-likeness (QED) is 0.710. The highest BCUT2D eigenvalue weighted by Gasteiger charge is 2.25. The Bertz CT molecular complexity index is 699. The first-order valence-electron chi connectivity index (χ1n) is 9.49. The van der Waals surface area contributed by atoms with Gasteiger partial charge in [-0.3, -0.25) is 4.79 Å². The third kappa shape index (κ3) is 4.63. The van der Waals surface area contributed by atoms with Crippen LogP contribution in [0.4, 0.5) is 0 Å². The highest BCUT2D eigenvalue weighted by Crippen LogP contribution is 2.32. The van der Waals surface area contributed by atoms with E-state index in [9.17, 15) is 4.79 Å². The van der Waals surface area contributed by atoms with Crippen LogP contribution in [-0.2, 0) is 4.79 Å². The van der Waals surface area contributed by atoms with Crippen molar-refractivity contribution in [1.82, 2.24) is 25.5 Å². The maximum Gasteiger partial charge on any atom is 0.233 e. The molecule has 1 aliphatic rings. The minimum Gasteiger partial charge on any atom is -0.348 e. The number of nitrogens with one attached hydrogen (secondary N) is 1. The van der Waals surface area contributed by atoms with Crippen molar-refractivity contribution < 1.29 is 4.79 Å². The van der Waals surface area contributed by atoms with Crippen LogP contribution >= 0.6 is 11.8 Å². The van der Waals surface area contributed by atoms with Gasteiger partial charge in [-0.1, -0.05) is 68.3 Å². The summed E-state index contributed by atoms with van der Waals surface area (Å²) in [5.41, 5.74) is 1.15. The van der Waals surface area contributed by atoms with Crippen molar-refractivity contribution in [2.45, 2.75) is 74.9 Å². The van der Waals surface area contributed by atoms with Gasteiger partial charge >= 0.3 is 0 Å². The molecule has 0 aliphatic heterocycles. The smallest absolute Gasteiger partial charge is 0.233 e. The van der Waals surface area contributed by atoms with Crippen molar-refractivity contribution in [3.05, 3.63) is 35.9 Å². The molecule has 1 heterocycles. The molecule has 3 rings (SSSR count). The van der Waals surface area contributed by atoms with E-state index >= 15 is 0 Å². The third-order valence-electron chi connectivity index (χ3n) is 4.88. The number of rotatable bonds is 8. The molecule has 0 bridgehead atoms. The zero-order valence-electron chi connectivity index (χ0n) is 15.5. The Kier molecular flexibility index (Phi) is 6.66. The van der Waals surface area contributed by atoms with Gasteiger partial charge in [-0.25, -0.2) is 4.68 Å². The molecule has 1 aromatic carbocycles. The lowest BCUT2D eigenvalue weighted by Gasteiger charge is -2.21. The SMILES string of the molecule is CCCC(NC(=O)C(C)Sc1nnnn1C1CCCC1)c1ccccc1. The van der Waals surface area contributed by atoms with E-state index in [1.165, 1.54) is 24.6 Å². The molecule has 2 atom stereocenters. The molecule has 0 spiro atoms. The van der Waals surface area contributed by atoms with Gasteiger partial charge < -0.3 is 5.32 Å². The number of aromatic nitrogens is 4. The summed E-state index contributed by atoms with van der Waals surface area (Å²) in [7, 11) is 0. The molecule has 1 fully saturated rings. The summed E-state index contributed by atoms with van der Waals surface area (Å²) in [6.45, 7) is 4.05. The number of carbonyl (C=O) groups excluding carboxylic acids is 1. The third-order valence-corrected chi connectivity index (χ3v) is 5.93. The first-order chi connectivity index (χ1) is 12.7. The van der Waals surface area contributed by atoms with Crippen molar-refractivity contribution in [3.8, 4) is 0 Å². The summed E-state index contributed by atoms with van der Waals surface area (Å²) in [5, 5.41) is 15.8. The molecule has 7 heteroatoms. The Balaban J connectivity index is 1.63. The van der Waals surface area contributed by atoms with Gasteiger partial charge in [0, 0.05) is 0 Å². The van der Waals surface area contributed by atoms with Gasteiger partial charge in [0.15, 0.2) is 0 Å². The largest absolute Gasteiger partial charge is 0.348 e. The van der Waals surface area contributed by atoms with Gasteiger partial charge in [0.05, 0.1) is 17.3 Å². The van der Waals surface area contributed by atoms with E-state index in [4.69, 9.17) is 0 Å². The molecule has 1 N–H and O–H groups in total. The van der Waals surface area contributed by atoms with Crippen molar-refractivity contribution in [2.75, 3.05) is 0 Å². The maximum atomic E-state index is 12.8. The zero-order valence-corrected chi connectivity index (χ0v) is 16.3. The van der Waals surface area contributed by atoms with Crippen LogP contribution in [0.1, 0.15) is 70.0 Å². The molecule has 140 valence electrons. The fourth-order valence-corrected chi connectivity index (χ4v) is 4.31. The lowest BCUT2D eigenvalue weighted by atomic mass is 10.0. The monoisotopic (exact) mass is 373 g/mol. The Hall–Kier alpha value is -1.89. The van der Waals surface area contributed by atoms with Gasteiger partial charge in [-0.2, -0.15) is 0 Å². The van der Waals surface area contributed by atoms with Gasteiger partial charge in [-0.05, 0) is 42.2 Å². The number of thioether (sulfide) groups is 1. The van der Waals surface area contributed by atoms with Gasteiger partial charge in [-0.15, -0.1) is 5.10 Å². The molecule has 1 aromatic heterocycles. The highest BCUT2D eigenvalue weighted by atomic mass is 32.2. The van der Waals surface area contributed by atoms with E-state index in [1.54, 1.807) is 0 Å². The topological polar surface area (TPSA) is 72.7 Å². The predicted molar refractivity (Wildman–Crippen MR) is 103 cm³/mol. The molecule has 0 saturated heterocycles. The van der Waals surface area contributed by atoms with Crippen molar-refractivity contribution in [3.63, 3.8) is 0 Å². The molecular weight excluding hydrogens is 346 g/mol. The van der Waals surface area contributed by atoms with Gasteiger partial charge in [0.25, 0.3) is 0 Å².